The first-order valence-corrected chi connectivity index (χ1v) is 7.59. The molecule has 1 heterocycles. The molecule has 1 nitrogen and oxygen atoms in total. The van der Waals surface area contributed by atoms with E-state index in [9.17, 15) is 0 Å². The van der Waals surface area contributed by atoms with E-state index in [0.29, 0.717) is 6.04 Å². The SMILES string of the molecule is CCCNC(C)c1sc2c(C)cc(C)cc2c1C. The summed E-state index contributed by atoms with van der Waals surface area (Å²) in [4.78, 5) is 1.49. The van der Waals surface area contributed by atoms with E-state index in [0.717, 1.165) is 6.54 Å². The fourth-order valence-electron chi connectivity index (χ4n) is 2.55. The fraction of sp³-hybridized carbons (Fsp3) is 0.500. The largest absolute Gasteiger partial charge is 0.309 e. The average molecular weight is 261 g/mol. The van der Waals surface area contributed by atoms with E-state index in [1.54, 1.807) is 0 Å². The van der Waals surface area contributed by atoms with Gasteiger partial charge < -0.3 is 5.32 Å². The quantitative estimate of drug-likeness (QED) is 0.826. The lowest BCUT2D eigenvalue weighted by Gasteiger charge is -2.12. The molecule has 0 aliphatic carbocycles. The van der Waals surface area contributed by atoms with E-state index in [1.165, 1.54) is 38.1 Å². The van der Waals surface area contributed by atoms with Crippen LogP contribution in [0.25, 0.3) is 10.1 Å². The molecule has 0 amide bonds. The number of hydrogen-bond acceptors (Lipinski definition) is 2. The second-order valence-electron chi connectivity index (χ2n) is 5.23. The summed E-state index contributed by atoms with van der Waals surface area (Å²) < 4.78 is 1.46. The number of hydrogen-bond donors (Lipinski definition) is 1. The molecule has 2 aromatic rings. The maximum Gasteiger partial charge on any atom is 0.0389 e. The van der Waals surface area contributed by atoms with Crippen LogP contribution in [0.1, 0.15) is 47.9 Å². The molecule has 98 valence electrons. The highest BCUT2D eigenvalue weighted by atomic mass is 32.1. The zero-order valence-electron chi connectivity index (χ0n) is 12.1. The lowest BCUT2D eigenvalue weighted by Crippen LogP contribution is -2.18. The van der Waals surface area contributed by atoms with Crippen molar-refractivity contribution in [2.75, 3.05) is 6.54 Å². The zero-order chi connectivity index (χ0) is 13.3. The molecule has 0 saturated carbocycles. The molecule has 1 aromatic heterocycles. The smallest absolute Gasteiger partial charge is 0.0389 e. The van der Waals surface area contributed by atoms with E-state index in [-0.39, 0.29) is 0 Å². The van der Waals surface area contributed by atoms with E-state index in [1.807, 2.05) is 11.3 Å². The molecule has 2 rings (SSSR count). The van der Waals surface area contributed by atoms with Gasteiger partial charge in [0, 0.05) is 15.6 Å². The molecule has 0 saturated heterocycles. The minimum atomic E-state index is 0.460. The summed E-state index contributed by atoms with van der Waals surface area (Å²) in [7, 11) is 0. The lowest BCUT2D eigenvalue weighted by molar-refractivity contribution is 0.576. The van der Waals surface area contributed by atoms with Gasteiger partial charge in [-0.05, 0) is 57.2 Å². The van der Waals surface area contributed by atoms with Crippen molar-refractivity contribution >= 4 is 21.4 Å². The van der Waals surface area contributed by atoms with Gasteiger partial charge in [-0.2, -0.15) is 0 Å². The molecule has 1 atom stereocenters. The van der Waals surface area contributed by atoms with Crippen molar-refractivity contribution < 1.29 is 0 Å². The maximum atomic E-state index is 3.59. The van der Waals surface area contributed by atoms with Crippen molar-refractivity contribution in [3.05, 3.63) is 33.7 Å². The molecule has 0 aliphatic heterocycles. The molecule has 0 aliphatic rings. The Morgan fingerprint density at radius 1 is 1.22 bits per heavy atom. The molecule has 1 N–H and O–H groups in total. The van der Waals surface area contributed by atoms with Crippen LogP contribution < -0.4 is 5.32 Å². The Morgan fingerprint density at radius 2 is 1.94 bits per heavy atom. The molecule has 18 heavy (non-hydrogen) atoms. The van der Waals surface area contributed by atoms with Gasteiger partial charge in [0.25, 0.3) is 0 Å². The second kappa shape index (κ2) is 5.41. The standard InChI is InChI=1S/C16H23NS/c1-6-7-17-13(5)16-12(4)14-9-10(2)8-11(3)15(14)18-16/h8-9,13,17H,6-7H2,1-5H3. The molecule has 1 aromatic carbocycles. The molecular weight excluding hydrogens is 238 g/mol. The third kappa shape index (κ3) is 2.45. The van der Waals surface area contributed by atoms with Crippen LogP contribution in [0.15, 0.2) is 12.1 Å². The fourth-order valence-corrected chi connectivity index (χ4v) is 3.84. The highest BCUT2D eigenvalue weighted by molar-refractivity contribution is 7.19. The average Bonchev–Trinajstić information content (AvgIpc) is 2.65. The van der Waals surface area contributed by atoms with Gasteiger partial charge in [-0.25, -0.2) is 0 Å². The van der Waals surface area contributed by atoms with Crippen LogP contribution >= 0.6 is 11.3 Å². The van der Waals surface area contributed by atoms with Crippen LogP contribution in [0.2, 0.25) is 0 Å². The van der Waals surface area contributed by atoms with Crippen LogP contribution in [-0.4, -0.2) is 6.54 Å². The summed E-state index contributed by atoms with van der Waals surface area (Å²) in [5, 5.41) is 5.04. The highest BCUT2D eigenvalue weighted by Crippen LogP contribution is 2.37. The van der Waals surface area contributed by atoms with Gasteiger partial charge in [0.15, 0.2) is 0 Å². The monoisotopic (exact) mass is 261 g/mol. The van der Waals surface area contributed by atoms with Crippen molar-refractivity contribution in [2.24, 2.45) is 0 Å². The first-order valence-electron chi connectivity index (χ1n) is 6.78. The number of fused-ring (bicyclic) bond motifs is 1. The predicted molar refractivity (Wildman–Crippen MR) is 82.7 cm³/mol. The van der Waals surface area contributed by atoms with Crippen molar-refractivity contribution in [1.82, 2.24) is 5.32 Å². The van der Waals surface area contributed by atoms with E-state index >= 15 is 0 Å². The molecule has 0 fully saturated rings. The van der Waals surface area contributed by atoms with Crippen molar-refractivity contribution in [2.45, 2.75) is 47.1 Å². The van der Waals surface area contributed by atoms with Gasteiger partial charge in [0.05, 0.1) is 0 Å². The highest BCUT2D eigenvalue weighted by Gasteiger charge is 2.15. The number of benzene rings is 1. The second-order valence-corrected chi connectivity index (χ2v) is 6.28. The topological polar surface area (TPSA) is 12.0 Å². The van der Waals surface area contributed by atoms with Gasteiger partial charge in [-0.15, -0.1) is 11.3 Å². The van der Waals surface area contributed by atoms with Gasteiger partial charge in [-0.1, -0.05) is 24.6 Å². The number of nitrogens with one attached hydrogen (secondary N) is 1. The Kier molecular flexibility index (Phi) is 4.08. The lowest BCUT2D eigenvalue weighted by atomic mass is 10.0. The first kappa shape index (κ1) is 13.6. The van der Waals surface area contributed by atoms with Gasteiger partial charge in [-0.3, -0.25) is 0 Å². The summed E-state index contributed by atoms with van der Waals surface area (Å²) in [5.74, 6) is 0. The Hall–Kier alpha value is -0.860. The normalized spacial score (nSPS) is 13.2. The zero-order valence-corrected chi connectivity index (χ0v) is 12.9. The Balaban J connectivity index is 2.47. The Bertz CT molecular complexity index is 554. The van der Waals surface area contributed by atoms with Crippen LogP contribution in [0.4, 0.5) is 0 Å². The molecular formula is C16H23NS. The van der Waals surface area contributed by atoms with E-state index in [2.05, 4.69) is 52.1 Å². The number of aryl methyl sites for hydroxylation is 3. The van der Waals surface area contributed by atoms with Crippen LogP contribution in [0.5, 0.6) is 0 Å². The molecule has 2 heteroatoms. The van der Waals surface area contributed by atoms with Crippen molar-refractivity contribution in [1.29, 1.82) is 0 Å². The summed E-state index contributed by atoms with van der Waals surface area (Å²) in [5.41, 5.74) is 4.23. The third-order valence-electron chi connectivity index (χ3n) is 3.50. The van der Waals surface area contributed by atoms with E-state index in [4.69, 9.17) is 0 Å². The predicted octanol–water partition coefficient (Wildman–Crippen LogP) is 4.89. The number of rotatable bonds is 4. The minimum absolute atomic E-state index is 0.460. The van der Waals surface area contributed by atoms with Crippen molar-refractivity contribution in [3.8, 4) is 0 Å². The van der Waals surface area contributed by atoms with E-state index < -0.39 is 0 Å². The Morgan fingerprint density at radius 3 is 2.61 bits per heavy atom. The van der Waals surface area contributed by atoms with Crippen molar-refractivity contribution in [3.63, 3.8) is 0 Å². The molecule has 0 spiro atoms. The Labute approximate surface area is 114 Å². The summed E-state index contributed by atoms with van der Waals surface area (Å²) in [6.45, 7) is 12.2. The molecule has 1 unspecified atom stereocenters. The van der Waals surface area contributed by atoms with Crippen LogP contribution in [-0.2, 0) is 0 Å². The van der Waals surface area contributed by atoms with Gasteiger partial charge >= 0.3 is 0 Å². The molecule has 0 bridgehead atoms. The summed E-state index contributed by atoms with van der Waals surface area (Å²) in [6, 6.07) is 5.07. The summed E-state index contributed by atoms with van der Waals surface area (Å²) in [6.07, 6.45) is 1.19. The van der Waals surface area contributed by atoms with Crippen LogP contribution in [0.3, 0.4) is 0 Å². The van der Waals surface area contributed by atoms with Gasteiger partial charge in [0.2, 0.25) is 0 Å². The summed E-state index contributed by atoms with van der Waals surface area (Å²) >= 11 is 1.96. The van der Waals surface area contributed by atoms with Crippen LogP contribution in [0, 0.1) is 20.8 Å². The minimum Gasteiger partial charge on any atom is -0.309 e. The van der Waals surface area contributed by atoms with Gasteiger partial charge in [0.1, 0.15) is 0 Å². The number of thiophene rings is 1. The first-order chi connectivity index (χ1) is 8.54. The maximum absolute atomic E-state index is 3.59. The molecule has 0 radical (unpaired) electrons. The third-order valence-corrected chi connectivity index (χ3v) is 5.12.